The monoisotopic (exact) mass is 279 g/mol. The molecule has 0 amide bonds. The van der Waals surface area contributed by atoms with E-state index in [1.807, 2.05) is 6.92 Å². The lowest BCUT2D eigenvalue weighted by atomic mass is 10.0. The molecular weight excluding hydrogens is 250 g/mol. The van der Waals surface area contributed by atoms with E-state index < -0.39 is 0 Å². The minimum atomic E-state index is 0.260. The van der Waals surface area contributed by atoms with Crippen molar-refractivity contribution in [3.63, 3.8) is 0 Å². The highest BCUT2D eigenvalue weighted by molar-refractivity contribution is 5.31. The molecule has 3 nitrogen and oxygen atoms in total. The molecule has 1 atom stereocenters. The van der Waals surface area contributed by atoms with Gasteiger partial charge in [-0.3, -0.25) is 0 Å². The van der Waals surface area contributed by atoms with Gasteiger partial charge in [-0.1, -0.05) is 25.1 Å². The van der Waals surface area contributed by atoms with E-state index in [-0.39, 0.29) is 6.04 Å². The van der Waals surface area contributed by atoms with Crippen LogP contribution in [0.1, 0.15) is 43.0 Å². The van der Waals surface area contributed by atoms with Gasteiger partial charge in [0.2, 0.25) is 0 Å². The van der Waals surface area contributed by atoms with Gasteiger partial charge in [-0.2, -0.15) is 0 Å². The van der Waals surface area contributed by atoms with Crippen LogP contribution in [0.5, 0.6) is 0 Å². The molecule has 0 heterocycles. The standard InChI is InChI=1S/C17H29NO2/c1-5-9-18-17(13-20-11-10-19-6-2)16-8-7-14(3)15(4)12-16/h7-8,12,17-18H,5-6,9-11,13H2,1-4H3. The molecule has 1 unspecified atom stereocenters. The Labute approximate surface area is 123 Å². The molecule has 20 heavy (non-hydrogen) atoms. The third-order valence-corrected chi connectivity index (χ3v) is 3.43. The van der Waals surface area contributed by atoms with Gasteiger partial charge in [0.05, 0.1) is 25.9 Å². The number of aryl methyl sites for hydroxylation is 2. The fourth-order valence-corrected chi connectivity index (χ4v) is 2.04. The molecule has 1 N–H and O–H groups in total. The quantitative estimate of drug-likeness (QED) is 0.666. The summed E-state index contributed by atoms with van der Waals surface area (Å²) in [4.78, 5) is 0. The van der Waals surface area contributed by atoms with Crippen LogP contribution < -0.4 is 5.32 Å². The van der Waals surface area contributed by atoms with Crippen molar-refractivity contribution in [2.75, 3.05) is 33.0 Å². The van der Waals surface area contributed by atoms with E-state index in [4.69, 9.17) is 9.47 Å². The van der Waals surface area contributed by atoms with Crippen LogP contribution in [0.25, 0.3) is 0 Å². The van der Waals surface area contributed by atoms with Gasteiger partial charge >= 0.3 is 0 Å². The molecule has 0 saturated heterocycles. The summed E-state index contributed by atoms with van der Waals surface area (Å²) in [6.07, 6.45) is 1.13. The Morgan fingerprint density at radius 1 is 1.05 bits per heavy atom. The molecule has 0 aliphatic carbocycles. The van der Waals surface area contributed by atoms with E-state index in [1.54, 1.807) is 0 Å². The molecule has 1 rings (SSSR count). The lowest BCUT2D eigenvalue weighted by Gasteiger charge is -2.20. The van der Waals surface area contributed by atoms with Crippen molar-refractivity contribution in [2.24, 2.45) is 0 Å². The molecular formula is C17H29NO2. The number of hydrogen-bond donors (Lipinski definition) is 1. The van der Waals surface area contributed by atoms with Gasteiger partial charge in [-0.25, -0.2) is 0 Å². The zero-order valence-electron chi connectivity index (χ0n) is 13.4. The van der Waals surface area contributed by atoms with E-state index in [9.17, 15) is 0 Å². The summed E-state index contributed by atoms with van der Waals surface area (Å²) in [5.41, 5.74) is 3.97. The van der Waals surface area contributed by atoms with Gasteiger partial charge in [0.25, 0.3) is 0 Å². The van der Waals surface area contributed by atoms with E-state index in [0.717, 1.165) is 19.6 Å². The van der Waals surface area contributed by atoms with Crippen LogP contribution in [0, 0.1) is 13.8 Å². The highest BCUT2D eigenvalue weighted by Crippen LogP contribution is 2.17. The number of nitrogens with one attached hydrogen (secondary N) is 1. The lowest BCUT2D eigenvalue weighted by Crippen LogP contribution is -2.27. The number of rotatable bonds is 10. The molecule has 1 aromatic rings. The van der Waals surface area contributed by atoms with Gasteiger partial charge in [0.1, 0.15) is 0 Å². The van der Waals surface area contributed by atoms with Crippen LogP contribution >= 0.6 is 0 Å². The van der Waals surface area contributed by atoms with Crippen LogP contribution in [0.15, 0.2) is 18.2 Å². The van der Waals surface area contributed by atoms with Gasteiger partial charge in [-0.15, -0.1) is 0 Å². The Morgan fingerprint density at radius 2 is 1.80 bits per heavy atom. The van der Waals surface area contributed by atoms with Crippen molar-refractivity contribution in [1.82, 2.24) is 5.32 Å². The van der Waals surface area contributed by atoms with Crippen molar-refractivity contribution >= 4 is 0 Å². The smallest absolute Gasteiger partial charge is 0.0701 e. The molecule has 0 spiro atoms. The Bertz CT molecular complexity index is 379. The maximum atomic E-state index is 5.73. The third kappa shape index (κ3) is 6.04. The third-order valence-electron chi connectivity index (χ3n) is 3.43. The van der Waals surface area contributed by atoms with Crippen molar-refractivity contribution < 1.29 is 9.47 Å². The molecule has 0 fully saturated rings. The van der Waals surface area contributed by atoms with Crippen LogP contribution in [0.4, 0.5) is 0 Å². The normalized spacial score (nSPS) is 12.6. The van der Waals surface area contributed by atoms with Gasteiger partial charge in [0.15, 0.2) is 0 Å². The lowest BCUT2D eigenvalue weighted by molar-refractivity contribution is 0.0433. The van der Waals surface area contributed by atoms with Gasteiger partial charge in [0, 0.05) is 6.61 Å². The largest absolute Gasteiger partial charge is 0.379 e. The fourth-order valence-electron chi connectivity index (χ4n) is 2.04. The number of ether oxygens (including phenoxy) is 2. The molecule has 0 aliphatic rings. The van der Waals surface area contributed by atoms with Gasteiger partial charge in [-0.05, 0) is 50.4 Å². The Balaban J connectivity index is 2.55. The van der Waals surface area contributed by atoms with Crippen LogP contribution in [-0.2, 0) is 9.47 Å². The Hall–Kier alpha value is -0.900. The van der Waals surface area contributed by atoms with E-state index in [1.165, 1.54) is 16.7 Å². The second-order valence-electron chi connectivity index (χ2n) is 5.12. The summed E-state index contributed by atoms with van der Waals surface area (Å²) in [7, 11) is 0. The predicted molar refractivity (Wildman–Crippen MR) is 84.3 cm³/mol. The second-order valence-corrected chi connectivity index (χ2v) is 5.12. The van der Waals surface area contributed by atoms with E-state index >= 15 is 0 Å². The molecule has 0 bridgehead atoms. The molecule has 114 valence electrons. The first-order chi connectivity index (χ1) is 9.69. The molecule has 0 aliphatic heterocycles. The first-order valence-corrected chi connectivity index (χ1v) is 7.65. The summed E-state index contributed by atoms with van der Waals surface area (Å²) in [6, 6.07) is 6.90. The highest BCUT2D eigenvalue weighted by atomic mass is 16.5. The maximum Gasteiger partial charge on any atom is 0.0701 e. The topological polar surface area (TPSA) is 30.5 Å². The second kappa shape index (κ2) is 9.92. The summed E-state index contributed by atoms with van der Waals surface area (Å²) in [6.45, 7) is 12.3. The average molecular weight is 279 g/mol. The zero-order valence-corrected chi connectivity index (χ0v) is 13.4. The van der Waals surface area contributed by atoms with Gasteiger partial charge < -0.3 is 14.8 Å². The zero-order chi connectivity index (χ0) is 14.8. The Morgan fingerprint density at radius 3 is 2.45 bits per heavy atom. The van der Waals surface area contributed by atoms with Crippen LogP contribution in [0.2, 0.25) is 0 Å². The number of benzene rings is 1. The summed E-state index contributed by atoms with van der Waals surface area (Å²) >= 11 is 0. The number of hydrogen-bond acceptors (Lipinski definition) is 3. The van der Waals surface area contributed by atoms with Crippen molar-refractivity contribution in [2.45, 2.75) is 40.2 Å². The summed E-state index contributed by atoms with van der Waals surface area (Å²) in [5.74, 6) is 0. The fraction of sp³-hybridized carbons (Fsp3) is 0.647. The maximum absolute atomic E-state index is 5.73. The first-order valence-electron chi connectivity index (χ1n) is 7.65. The van der Waals surface area contributed by atoms with Crippen molar-refractivity contribution in [3.05, 3.63) is 34.9 Å². The molecule has 3 heteroatoms. The molecule has 1 aromatic carbocycles. The Kier molecular flexibility index (Phi) is 8.51. The minimum absolute atomic E-state index is 0.260. The predicted octanol–water partition coefficient (Wildman–Crippen LogP) is 3.40. The summed E-state index contributed by atoms with van der Waals surface area (Å²) in [5, 5.41) is 3.56. The van der Waals surface area contributed by atoms with Crippen molar-refractivity contribution in [1.29, 1.82) is 0 Å². The highest BCUT2D eigenvalue weighted by Gasteiger charge is 2.11. The van der Waals surface area contributed by atoms with Crippen LogP contribution in [0.3, 0.4) is 0 Å². The first kappa shape index (κ1) is 17.2. The molecule has 0 aromatic heterocycles. The molecule has 0 radical (unpaired) electrons. The van der Waals surface area contributed by atoms with E-state index in [2.05, 4.69) is 44.3 Å². The SMILES string of the molecule is CCCNC(COCCOCC)c1ccc(C)c(C)c1. The minimum Gasteiger partial charge on any atom is -0.379 e. The van der Waals surface area contributed by atoms with E-state index in [0.29, 0.717) is 19.8 Å². The van der Waals surface area contributed by atoms with Crippen molar-refractivity contribution in [3.8, 4) is 0 Å². The average Bonchev–Trinajstić information content (AvgIpc) is 2.45. The summed E-state index contributed by atoms with van der Waals surface area (Å²) < 4.78 is 11.0. The molecule has 0 saturated carbocycles. The van der Waals surface area contributed by atoms with Crippen LogP contribution in [-0.4, -0.2) is 33.0 Å².